The number of Topliss-reactive ketones (excluding diaryl/α,β-unsaturated/α-hetero) is 1. The second-order valence-corrected chi connectivity index (χ2v) is 7.57. The van der Waals surface area contributed by atoms with E-state index in [4.69, 9.17) is 16.2 Å². The first-order chi connectivity index (χ1) is 17.7. The molecule has 6 N–H and O–H groups in total. The normalized spacial score (nSPS) is 12.2. The first-order valence-electron chi connectivity index (χ1n) is 12.4. The average Bonchev–Trinajstić information content (AvgIpc) is 2.90. The summed E-state index contributed by atoms with van der Waals surface area (Å²) in [6, 6.07) is 7.66. The van der Waals surface area contributed by atoms with Crippen LogP contribution in [0.2, 0.25) is 0 Å². The van der Waals surface area contributed by atoms with Crippen LogP contribution in [0.3, 0.4) is 0 Å². The van der Waals surface area contributed by atoms with Gasteiger partial charge in [0.2, 0.25) is 17.7 Å². The van der Waals surface area contributed by atoms with Crippen molar-refractivity contribution in [1.82, 2.24) is 15.6 Å². The van der Waals surface area contributed by atoms with Gasteiger partial charge in [-0.25, -0.2) is 0 Å². The zero-order valence-corrected chi connectivity index (χ0v) is 22.6. The Kier molecular flexibility index (Phi) is 16.6. The molecule has 0 saturated heterocycles. The fourth-order valence-electron chi connectivity index (χ4n) is 3.27. The van der Waals surface area contributed by atoms with Crippen LogP contribution in [-0.2, 0) is 25.6 Å². The molecule has 3 amide bonds. The van der Waals surface area contributed by atoms with Crippen molar-refractivity contribution in [1.29, 1.82) is 0 Å². The van der Waals surface area contributed by atoms with Crippen LogP contribution in [0.5, 0.6) is 5.75 Å². The van der Waals surface area contributed by atoms with E-state index in [-0.39, 0.29) is 18.6 Å². The van der Waals surface area contributed by atoms with Gasteiger partial charge in [0.25, 0.3) is 0 Å². The molecule has 0 radical (unpaired) electrons. The molecule has 37 heavy (non-hydrogen) atoms. The number of hydrogen-bond donors (Lipinski definition) is 4. The molecule has 0 aliphatic rings. The van der Waals surface area contributed by atoms with E-state index < -0.39 is 42.3 Å². The number of carbonyl (C=O) groups excluding carboxylic acids is 4. The lowest BCUT2D eigenvalue weighted by molar-refractivity contribution is -0.132. The first kappa shape index (κ1) is 33.2. The molecule has 0 spiro atoms. The summed E-state index contributed by atoms with van der Waals surface area (Å²) in [4.78, 5) is 52.9. The Morgan fingerprint density at radius 2 is 1.51 bits per heavy atom. The molecule has 0 aliphatic heterocycles. The minimum atomic E-state index is -1.25. The largest absolute Gasteiger partial charge is 0.496 e. The van der Waals surface area contributed by atoms with E-state index in [1.807, 2.05) is 27.7 Å². The van der Waals surface area contributed by atoms with Crippen molar-refractivity contribution in [2.24, 2.45) is 11.5 Å². The fourth-order valence-corrected chi connectivity index (χ4v) is 3.27. The number of para-hydroxylation sites is 1. The number of ketones is 1. The molecular formula is C27H41N5O5. The van der Waals surface area contributed by atoms with E-state index in [0.29, 0.717) is 11.3 Å². The molecular weight excluding hydrogens is 474 g/mol. The lowest BCUT2D eigenvalue weighted by Gasteiger charge is -2.22. The van der Waals surface area contributed by atoms with Gasteiger partial charge in [-0.05, 0) is 37.1 Å². The van der Waals surface area contributed by atoms with Gasteiger partial charge < -0.3 is 26.8 Å². The van der Waals surface area contributed by atoms with Crippen LogP contribution in [0.15, 0.2) is 48.8 Å². The number of amides is 3. The van der Waals surface area contributed by atoms with Gasteiger partial charge in [0.15, 0.2) is 5.78 Å². The quantitative estimate of drug-likeness (QED) is 0.336. The van der Waals surface area contributed by atoms with Gasteiger partial charge in [0, 0.05) is 30.4 Å². The van der Waals surface area contributed by atoms with Crippen LogP contribution >= 0.6 is 0 Å². The first-order valence-corrected chi connectivity index (χ1v) is 12.4. The minimum absolute atomic E-state index is 0.157. The molecule has 0 bridgehead atoms. The molecule has 0 aliphatic carbocycles. The molecule has 0 saturated carbocycles. The number of pyridine rings is 1. The van der Waals surface area contributed by atoms with Crippen molar-refractivity contribution in [2.75, 3.05) is 7.11 Å². The highest BCUT2D eigenvalue weighted by Crippen LogP contribution is 2.25. The summed E-state index contributed by atoms with van der Waals surface area (Å²) in [5, 5.41) is 5.10. The Bertz CT molecular complexity index is 984. The van der Waals surface area contributed by atoms with E-state index in [9.17, 15) is 19.2 Å². The van der Waals surface area contributed by atoms with Gasteiger partial charge in [-0.3, -0.25) is 24.2 Å². The van der Waals surface area contributed by atoms with Gasteiger partial charge in [0.1, 0.15) is 11.8 Å². The number of primary amides is 1. The lowest BCUT2D eigenvalue weighted by Crippen LogP contribution is -2.53. The van der Waals surface area contributed by atoms with Gasteiger partial charge in [-0.15, -0.1) is 0 Å². The van der Waals surface area contributed by atoms with Crippen LogP contribution in [0.25, 0.3) is 0 Å². The van der Waals surface area contributed by atoms with E-state index in [0.717, 1.165) is 5.56 Å². The van der Waals surface area contributed by atoms with E-state index in [1.54, 1.807) is 48.8 Å². The number of nitrogens with zero attached hydrogens (tertiary/aromatic N) is 1. The molecule has 10 heteroatoms. The molecule has 3 atom stereocenters. The molecule has 1 aromatic carbocycles. The highest BCUT2D eigenvalue weighted by atomic mass is 16.5. The summed E-state index contributed by atoms with van der Waals surface area (Å²) in [7, 11) is 1.50. The number of ether oxygens (including phenoxy) is 1. The number of nitrogens with two attached hydrogens (primary N) is 2. The van der Waals surface area contributed by atoms with Crippen molar-refractivity contribution in [3.05, 3.63) is 59.9 Å². The molecule has 1 aromatic heterocycles. The topological polar surface area (TPSA) is 166 Å². The second kappa shape index (κ2) is 18.5. The summed E-state index contributed by atoms with van der Waals surface area (Å²) in [5.74, 6) is -1.77. The predicted octanol–water partition coefficient (Wildman–Crippen LogP) is 2.21. The van der Waals surface area contributed by atoms with Crippen LogP contribution in [-0.4, -0.2) is 47.7 Å². The maximum atomic E-state index is 12.8. The lowest BCUT2D eigenvalue weighted by atomic mass is 10.0. The van der Waals surface area contributed by atoms with Gasteiger partial charge in [-0.1, -0.05) is 45.9 Å². The van der Waals surface area contributed by atoms with Crippen molar-refractivity contribution >= 4 is 23.5 Å². The third-order valence-electron chi connectivity index (χ3n) is 5.00. The van der Waals surface area contributed by atoms with Gasteiger partial charge >= 0.3 is 0 Å². The van der Waals surface area contributed by atoms with Crippen molar-refractivity contribution < 1.29 is 23.9 Å². The Morgan fingerprint density at radius 1 is 0.919 bits per heavy atom. The third kappa shape index (κ3) is 12.1. The Labute approximate surface area is 219 Å². The van der Waals surface area contributed by atoms with Gasteiger partial charge in [0.05, 0.1) is 19.6 Å². The summed E-state index contributed by atoms with van der Waals surface area (Å²) >= 11 is 0. The maximum absolute atomic E-state index is 12.8. The number of aromatic nitrogens is 1. The zero-order valence-electron chi connectivity index (χ0n) is 22.6. The second-order valence-electron chi connectivity index (χ2n) is 7.57. The van der Waals surface area contributed by atoms with E-state index >= 15 is 0 Å². The van der Waals surface area contributed by atoms with Crippen molar-refractivity contribution in [2.45, 2.75) is 72.0 Å². The van der Waals surface area contributed by atoms with Crippen molar-refractivity contribution in [3.63, 3.8) is 0 Å². The minimum Gasteiger partial charge on any atom is -0.496 e. The predicted molar refractivity (Wildman–Crippen MR) is 144 cm³/mol. The van der Waals surface area contributed by atoms with Crippen molar-refractivity contribution in [3.8, 4) is 5.75 Å². The average molecular weight is 516 g/mol. The number of carbonyl (C=O) groups is 4. The molecule has 2 rings (SSSR count). The Morgan fingerprint density at radius 3 is 2.05 bits per heavy atom. The number of methoxy groups -OCH3 is 1. The molecule has 2 aromatic rings. The molecule has 0 unspecified atom stereocenters. The molecule has 10 nitrogen and oxygen atoms in total. The van der Waals surface area contributed by atoms with Crippen LogP contribution in [0.4, 0.5) is 0 Å². The fraction of sp³-hybridized carbons (Fsp3) is 0.444. The highest BCUT2D eigenvalue weighted by molar-refractivity contribution is 5.94. The number of hydrogen-bond acceptors (Lipinski definition) is 7. The van der Waals surface area contributed by atoms with Gasteiger partial charge in [-0.2, -0.15) is 0 Å². The van der Waals surface area contributed by atoms with E-state index in [1.165, 1.54) is 14.0 Å². The number of nitrogens with one attached hydrogen (secondary N) is 2. The monoisotopic (exact) mass is 515 g/mol. The Balaban J connectivity index is 0.00000308. The summed E-state index contributed by atoms with van der Waals surface area (Å²) in [5.41, 5.74) is 12.8. The van der Waals surface area contributed by atoms with Crippen LogP contribution < -0.4 is 26.8 Å². The summed E-state index contributed by atoms with van der Waals surface area (Å²) in [6.45, 7) is 9.35. The SMILES string of the molecule is CC.CC.COc1ccccc1[C@@H](N)CC(=O)N[C@@H](CC(N)=O)C(=O)N[C@@H](Cc1ccncc1)C(C)=O. The third-order valence-corrected chi connectivity index (χ3v) is 5.00. The smallest absolute Gasteiger partial charge is 0.243 e. The highest BCUT2D eigenvalue weighted by Gasteiger charge is 2.27. The summed E-state index contributed by atoms with van der Waals surface area (Å²) in [6.07, 6.45) is 2.81. The van der Waals surface area contributed by atoms with Crippen LogP contribution in [0, 0.1) is 0 Å². The zero-order chi connectivity index (χ0) is 28.4. The number of rotatable bonds is 12. The van der Waals surface area contributed by atoms with E-state index in [2.05, 4.69) is 15.6 Å². The maximum Gasteiger partial charge on any atom is 0.243 e. The Hall–Kier alpha value is -3.79. The summed E-state index contributed by atoms with van der Waals surface area (Å²) < 4.78 is 5.26. The molecule has 1 heterocycles. The molecule has 204 valence electrons. The van der Waals surface area contributed by atoms with Crippen LogP contribution in [0.1, 0.15) is 64.6 Å². The number of benzene rings is 1. The standard InChI is InChI=1S/C23H29N5O5.2C2H6/c1-14(29)18(11-15-7-9-26-10-8-15)28-23(32)19(13-21(25)30)27-22(31)12-17(24)16-5-3-4-6-20(16)33-2;2*1-2/h3-10,17-19H,11-13,24H2,1-2H3,(H2,25,30)(H,27,31)(H,28,32);2*1-2H3/t17-,18-,19-;;/m0../s1. The molecule has 0 fully saturated rings.